The molecule has 0 unspecified atom stereocenters. The maximum atomic E-state index is 12.5. The van der Waals surface area contributed by atoms with Gasteiger partial charge in [-0.05, 0) is 31.2 Å². The van der Waals surface area contributed by atoms with Gasteiger partial charge in [-0.3, -0.25) is 4.79 Å². The Labute approximate surface area is 160 Å². The highest BCUT2D eigenvalue weighted by molar-refractivity contribution is 6.34. The van der Waals surface area contributed by atoms with Gasteiger partial charge in [0.2, 0.25) is 0 Å². The molecule has 0 saturated carbocycles. The number of aryl methyl sites for hydroxylation is 1. The Morgan fingerprint density at radius 3 is 2.54 bits per heavy atom. The van der Waals surface area contributed by atoms with E-state index < -0.39 is 18.5 Å². The number of nitrogens with zero attached hydrogens (tertiary/aromatic N) is 3. The fourth-order valence-corrected chi connectivity index (χ4v) is 2.45. The Bertz CT molecular complexity index is 848. The third kappa shape index (κ3) is 5.19. The molecule has 0 N–H and O–H groups in total. The fraction of sp³-hybridized carbons (Fsp3) is 0.222. The van der Waals surface area contributed by atoms with Gasteiger partial charge in [-0.25, -0.2) is 9.78 Å². The molecule has 6 nitrogen and oxygen atoms in total. The van der Waals surface area contributed by atoms with Gasteiger partial charge < -0.3 is 9.64 Å². The first-order valence-electron chi connectivity index (χ1n) is 7.65. The molecule has 1 aromatic heterocycles. The lowest BCUT2D eigenvalue weighted by Gasteiger charge is -2.21. The number of halogens is 2. The highest BCUT2D eigenvalue weighted by atomic mass is 35.5. The molecule has 1 aromatic carbocycles. The van der Waals surface area contributed by atoms with Crippen LogP contribution in [0.2, 0.25) is 10.2 Å². The molecule has 0 atom stereocenters. The molecule has 1 heterocycles. The van der Waals surface area contributed by atoms with Crippen LogP contribution in [0.15, 0.2) is 36.4 Å². The van der Waals surface area contributed by atoms with Gasteiger partial charge >= 0.3 is 5.97 Å². The van der Waals surface area contributed by atoms with E-state index in [-0.39, 0.29) is 28.8 Å². The van der Waals surface area contributed by atoms with Crippen molar-refractivity contribution in [1.29, 1.82) is 5.26 Å². The molecule has 2 rings (SSSR count). The summed E-state index contributed by atoms with van der Waals surface area (Å²) < 4.78 is 5.01. The van der Waals surface area contributed by atoms with E-state index in [0.29, 0.717) is 5.69 Å². The molecule has 0 bridgehead atoms. The zero-order valence-corrected chi connectivity index (χ0v) is 15.4. The molecule has 8 heteroatoms. The maximum absolute atomic E-state index is 12.5. The van der Waals surface area contributed by atoms with Crippen molar-refractivity contribution in [2.75, 3.05) is 18.1 Å². The number of hydrogen-bond acceptors (Lipinski definition) is 5. The van der Waals surface area contributed by atoms with Crippen molar-refractivity contribution >= 4 is 40.8 Å². The first kappa shape index (κ1) is 19.7. The number of nitriles is 1. The molecule has 2 aromatic rings. The van der Waals surface area contributed by atoms with Crippen molar-refractivity contribution in [2.45, 2.75) is 13.3 Å². The van der Waals surface area contributed by atoms with Crippen molar-refractivity contribution < 1.29 is 14.3 Å². The standard InChI is InChI=1S/C18H15Cl2N3O3/c1-12-3-5-13(6-4-12)23(10-2-9-21)16(24)11-26-18(25)17-14(19)7-8-15(20)22-17/h3-8H,2,10-11H2,1H3. The molecular formula is C18H15Cl2N3O3. The van der Waals surface area contributed by atoms with Crippen LogP contribution in [0.3, 0.4) is 0 Å². The highest BCUT2D eigenvalue weighted by Crippen LogP contribution is 2.19. The third-order valence-corrected chi connectivity index (χ3v) is 3.94. The molecule has 0 radical (unpaired) electrons. The zero-order chi connectivity index (χ0) is 19.1. The van der Waals surface area contributed by atoms with Crippen LogP contribution in [-0.4, -0.2) is 30.0 Å². The van der Waals surface area contributed by atoms with Crippen LogP contribution < -0.4 is 4.90 Å². The van der Waals surface area contributed by atoms with Gasteiger partial charge in [0.25, 0.3) is 5.91 Å². The second-order valence-corrected chi connectivity index (χ2v) is 6.12. The van der Waals surface area contributed by atoms with E-state index in [9.17, 15) is 9.59 Å². The first-order chi connectivity index (χ1) is 12.4. The Morgan fingerprint density at radius 1 is 1.19 bits per heavy atom. The van der Waals surface area contributed by atoms with Crippen molar-refractivity contribution in [2.24, 2.45) is 0 Å². The summed E-state index contributed by atoms with van der Waals surface area (Å²) >= 11 is 11.6. The molecule has 0 aliphatic rings. The Balaban J connectivity index is 2.09. The summed E-state index contributed by atoms with van der Waals surface area (Å²) in [4.78, 5) is 29.8. The molecule has 1 amide bonds. The average Bonchev–Trinajstić information content (AvgIpc) is 2.63. The Hall–Kier alpha value is -2.62. The Kier molecular flexibility index (Phi) is 6.96. The van der Waals surface area contributed by atoms with E-state index in [2.05, 4.69) is 4.98 Å². The minimum absolute atomic E-state index is 0.0757. The van der Waals surface area contributed by atoms with Gasteiger partial charge in [0, 0.05) is 12.2 Å². The number of aromatic nitrogens is 1. The van der Waals surface area contributed by atoms with Crippen LogP contribution in [0.5, 0.6) is 0 Å². The molecular weight excluding hydrogens is 377 g/mol. The largest absolute Gasteiger partial charge is 0.451 e. The van der Waals surface area contributed by atoms with E-state index >= 15 is 0 Å². The lowest BCUT2D eigenvalue weighted by molar-refractivity contribution is -0.121. The van der Waals surface area contributed by atoms with Gasteiger partial charge in [0.15, 0.2) is 12.3 Å². The fourth-order valence-electron chi connectivity index (χ4n) is 2.12. The molecule has 26 heavy (non-hydrogen) atoms. The van der Waals surface area contributed by atoms with Crippen molar-refractivity contribution in [3.05, 3.63) is 57.8 Å². The SMILES string of the molecule is Cc1ccc(N(CCC#N)C(=O)COC(=O)c2nc(Cl)ccc2Cl)cc1. The van der Waals surface area contributed by atoms with Crippen molar-refractivity contribution in [3.8, 4) is 6.07 Å². The minimum atomic E-state index is -0.852. The van der Waals surface area contributed by atoms with E-state index in [1.807, 2.05) is 25.1 Å². The quantitative estimate of drug-likeness (QED) is 0.552. The van der Waals surface area contributed by atoms with E-state index in [4.69, 9.17) is 33.2 Å². The second-order valence-electron chi connectivity index (χ2n) is 5.33. The number of carbonyl (C=O) groups excluding carboxylic acids is 2. The summed E-state index contributed by atoms with van der Waals surface area (Å²) in [5, 5.41) is 8.96. The number of ether oxygens (including phenoxy) is 1. The number of anilines is 1. The number of benzene rings is 1. The van der Waals surface area contributed by atoms with Crippen LogP contribution in [0.4, 0.5) is 5.69 Å². The van der Waals surface area contributed by atoms with Crippen LogP contribution in [0.25, 0.3) is 0 Å². The summed E-state index contributed by atoms with van der Waals surface area (Å²) in [5.41, 5.74) is 1.49. The molecule has 0 aliphatic carbocycles. The predicted octanol–water partition coefficient (Wildman–Crippen LogP) is 3.80. The van der Waals surface area contributed by atoms with Gasteiger partial charge in [0.1, 0.15) is 5.15 Å². The topological polar surface area (TPSA) is 83.3 Å². The number of carbonyl (C=O) groups is 2. The maximum Gasteiger partial charge on any atom is 0.359 e. The summed E-state index contributed by atoms with van der Waals surface area (Å²) in [5.74, 6) is -1.31. The molecule has 0 fully saturated rings. The van der Waals surface area contributed by atoms with Crippen LogP contribution in [0, 0.1) is 18.3 Å². The molecule has 0 aliphatic heterocycles. The number of rotatable bonds is 6. The minimum Gasteiger partial charge on any atom is -0.451 e. The summed E-state index contributed by atoms with van der Waals surface area (Å²) in [6, 6.07) is 12.1. The number of hydrogen-bond donors (Lipinski definition) is 0. The number of pyridine rings is 1. The molecule has 134 valence electrons. The summed E-state index contributed by atoms with van der Waals surface area (Å²) in [6.07, 6.45) is 0.148. The van der Waals surface area contributed by atoms with Gasteiger partial charge in [-0.2, -0.15) is 5.26 Å². The lowest BCUT2D eigenvalue weighted by Crippen LogP contribution is -2.35. The normalized spacial score (nSPS) is 10.1. The van der Waals surface area contributed by atoms with E-state index in [0.717, 1.165) is 5.56 Å². The van der Waals surface area contributed by atoms with Crippen molar-refractivity contribution in [3.63, 3.8) is 0 Å². The van der Waals surface area contributed by atoms with Gasteiger partial charge in [0.05, 0.1) is 17.5 Å². The zero-order valence-electron chi connectivity index (χ0n) is 13.9. The Morgan fingerprint density at radius 2 is 1.88 bits per heavy atom. The van der Waals surface area contributed by atoms with Crippen LogP contribution in [0.1, 0.15) is 22.5 Å². The highest BCUT2D eigenvalue weighted by Gasteiger charge is 2.20. The van der Waals surface area contributed by atoms with Gasteiger partial charge in [-0.1, -0.05) is 40.9 Å². The summed E-state index contributed by atoms with van der Waals surface area (Å²) in [6.45, 7) is 1.60. The monoisotopic (exact) mass is 391 g/mol. The van der Waals surface area contributed by atoms with E-state index in [1.165, 1.54) is 17.0 Å². The predicted molar refractivity (Wildman–Crippen MR) is 98.3 cm³/mol. The lowest BCUT2D eigenvalue weighted by atomic mass is 10.2. The molecule has 0 spiro atoms. The van der Waals surface area contributed by atoms with Crippen molar-refractivity contribution in [1.82, 2.24) is 4.98 Å². The van der Waals surface area contributed by atoms with Gasteiger partial charge in [-0.15, -0.1) is 0 Å². The van der Waals surface area contributed by atoms with E-state index in [1.54, 1.807) is 12.1 Å². The number of esters is 1. The molecule has 0 saturated heterocycles. The first-order valence-corrected chi connectivity index (χ1v) is 8.41. The third-order valence-electron chi connectivity index (χ3n) is 3.43. The van der Waals surface area contributed by atoms with Crippen LogP contribution >= 0.6 is 23.2 Å². The second kappa shape index (κ2) is 9.18. The van der Waals surface area contributed by atoms with Crippen LogP contribution in [-0.2, 0) is 9.53 Å². The number of amides is 1. The smallest absolute Gasteiger partial charge is 0.359 e. The average molecular weight is 392 g/mol. The summed E-state index contributed by atoms with van der Waals surface area (Å²) in [7, 11) is 0.